The summed E-state index contributed by atoms with van der Waals surface area (Å²) in [5.74, 6) is -0.460. The zero-order valence-electron chi connectivity index (χ0n) is 14.3. The van der Waals surface area contributed by atoms with Crippen LogP contribution in [0.15, 0.2) is 54.6 Å². The molecule has 1 amide bonds. The Hall–Kier alpha value is -3.02. The molecule has 1 aliphatic rings. The second kappa shape index (κ2) is 7.47. The molecule has 1 aliphatic heterocycles. The molecule has 0 saturated carbocycles. The van der Waals surface area contributed by atoms with Crippen LogP contribution in [0.4, 0.5) is 5.69 Å². The first-order valence-electron chi connectivity index (χ1n) is 8.64. The summed E-state index contributed by atoms with van der Waals surface area (Å²) in [7, 11) is 0. The van der Waals surface area contributed by atoms with Gasteiger partial charge in [-0.25, -0.2) is 0 Å². The maximum absolute atomic E-state index is 13.3. The van der Waals surface area contributed by atoms with Crippen molar-refractivity contribution >= 4 is 17.4 Å². The normalized spacial score (nSPS) is 20.1. The van der Waals surface area contributed by atoms with Gasteiger partial charge in [0.2, 0.25) is 5.91 Å². The zero-order chi connectivity index (χ0) is 18.6. The Morgan fingerprint density at radius 3 is 2.42 bits per heavy atom. The molecule has 1 atom stereocenters. The lowest BCUT2D eigenvalue weighted by Gasteiger charge is -2.29. The van der Waals surface area contributed by atoms with E-state index in [9.17, 15) is 19.7 Å². The molecule has 0 aromatic heterocycles. The van der Waals surface area contributed by atoms with E-state index in [1.165, 1.54) is 12.1 Å². The lowest BCUT2D eigenvalue weighted by atomic mass is 9.71. The van der Waals surface area contributed by atoms with Crippen LogP contribution in [0.25, 0.3) is 0 Å². The minimum Gasteiger partial charge on any atom is -0.355 e. The first-order valence-corrected chi connectivity index (χ1v) is 8.64. The number of hydrogen-bond acceptors (Lipinski definition) is 4. The standard InChI is InChI=1S/C20H20N2O4/c23-18(16-6-2-1-3-7-16)20(12-4-5-13-21-19(20)24)14-15-8-10-17(11-9-15)22(25)26/h1-3,6-11H,4-5,12-14H2,(H,21,24). The molecule has 0 radical (unpaired) electrons. The molecule has 26 heavy (non-hydrogen) atoms. The fraction of sp³-hybridized carbons (Fsp3) is 0.300. The largest absolute Gasteiger partial charge is 0.355 e. The molecule has 0 bridgehead atoms. The molecular weight excluding hydrogens is 332 g/mol. The number of carbonyl (C=O) groups excluding carboxylic acids is 2. The minimum atomic E-state index is -1.19. The van der Waals surface area contributed by atoms with Gasteiger partial charge in [0.1, 0.15) is 5.41 Å². The van der Waals surface area contributed by atoms with Gasteiger partial charge in [-0.3, -0.25) is 19.7 Å². The molecule has 1 N–H and O–H groups in total. The topological polar surface area (TPSA) is 89.3 Å². The number of non-ortho nitro benzene ring substituents is 1. The molecule has 0 aliphatic carbocycles. The molecule has 2 aromatic rings. The molecule has 134 valence electrons. The maximum atomic E-state index is 13.3. The molecule has 2 aromatic carbocycles. The number of rotatable bonds is 5. The number of Topliss-reactive ketones (excluding diaryl/α,β-unsaturated/α-hetero) is 1. The lowest BCUT2D eigenvalue weighted by Crippen LogP contribution is -2.47. The van der Waals surface area contributed by atoms with Crippen LogP contribution >= 0.6 is 0 Å². The Balaban J connectivity index is 1.99. The van der Waals surface area contributed by atoms with Crippen molar-refractivity contribution in [1.29, 1.82) is 0 Å². The van der Waals surface area contributed by atoms with Gasteiger partial charge in [-0.15, -0.1) is 0 Å². The summed E-state index contributed by atoms with van der Waals surface area (Å²) in [6.07, 6.45) is 2.29. The van der Waals surface area contributed by atoms with Crippen LogP contribution in [0, 0.1) is 15.5 Å². The van der Waals surface area contributed by atoms with Crippen molar-refractivity contribution in [1.82, 2.24) is 5.32 Å². The van der Waals surface area contributed by atoms with E-state index in [1.54, 1.807) is 36.4 Å². The number of nitrogens with zero attached hydrogens (tertiary/aromatic N) is 1. The monoisotopic (exact) mass is 352 g/mol. The smallest absolute Gasteiger partial charge is 0.269 e. The molecule has 1 unspecified atom stereocenters. The van der Waals surface area contributed by atoms with E-state index in [2.05, 4.69) is 5.32 Å². The Kier molecular flexibility index (Phi) is 5.11. The summed E-state index contributed by atoms with van der Waals surface area (Å²) >= 11 is 0. The number of amides is 1. The van der Waals surface area contributed by atoms with Gasteiger partial charge in [-0.2, -0.15) is 0 Å². The van der Waals surface area contributed by atoms with Crippen molar-refractivity contribution < 1.29 is 14.5 Å². The summed E-state index contributed by atoms with van der Waals surface area (Å²) in [6.45, 7) is 0.558. The Morgan fingerprint density at radius 1 is 1.08 bits per heavy atom. The van der Waals surface area contributed by atoms with Crippen molar-refractivity contribution in [3.05, 3.63) is 75.8 Å². The molecule has 1 heterocycles. The summed E-state index contributed by atoms with van der Waals surface area (Å²) in [5.41, 5.74) is 0.0412. The molecule has 6 nitrogen and oxygen atoms in total. The molecule has 3 rings (SSSR count). The average Bonchev–Trinajstić information content (AvgIpc) is 2.85. The molecular formula is C20H20N2O4. The predicted molar refractivity (Wildman–Crippen MR) is 96.9 cm³/mol. The van der Waals surface area contributed by atoms with Gasteiger partial charge in [0.05, 0.1) is 4.92 Å². The number of nitro benzene ring substituents is 1. The van der Waals surface area contributed by atoms with Gasteiger partial charge in [0.15, 0.2) is 5.78 Å². The van der Waals surface area contributed by atoms with E-state index in [1.807, 2.05) is 6.07 Å². The number of nitro groups is 1. The Labute approximate surface area is 151 Å². The van der Waals surface area contributed by atoms with E-state index in [4.69, 9.17) is 0 Å². The second-order valence-corrected chi connectivity index (χ2v) is 6.59. The fourth-order valence-corrected chi connectivity index (χ4v) is 3.45. The predicted octanol–water partition coefficient (Wildman–Crippen LogP) is 3.31. The maximum Gasteiger partial charge on any atom is 0.269 e. The summed E-state index contributed by atoms with van der Waals surface area (Å²) in [5, 5.41) is 13.7. The third kappa shape index (κ3) is 3.49. The first kappa shape index (κ1) is 17.8. The van der Waals surface area contributed by atoms with Gasteiger partial charge in [0, 0.05) is 24.2 Å². The minimum absolute atomic E-state index is 0.0116. The van der Waals surface area contributed by atoms with E-state index < -0.39 is 10.3 Å². The SMILES string of the molecule is O=C1NCCCCC1(Cc1ccc([N+](=O)[O-])cc1)C(=O)c1ccccc1. The van der Waals surface area contributed by atoms with Gasteiger partial charge in [0.25, 0.3) is 5.69 Å². The highest BCUT2D eigenvalue weighted by atomic mass is 16.6. The van der Waals surface area contributed by atoms with Crippen molar-refractivity contribution in [3.8, 4) is 0 Å². The summed E-state index contributed by atoms with van der Waals surface area (Å²) in [4.78, 5) is 36.6. The van der Waals surface area contributed by atoms with Gasteiger partial charge < -0.3 is 5.32 Å². The molecule has 1 fully saturated rings. The molecule has 0 spiro atoms. The Morgan fingerprint density at radius 2 is 1.77 bits per heavy atom. The number of carbonyl (C=O) groups is 2. The van der Waals surface area contributed by atoms with Crippen LogP contribution in [-0.4, -0.2) is 23.2 Å². The van der Waals surface area contributed by atoms with Gasteiger partial charge in [-0.1, -0.05) is 48.9 Å². The molecule has 1 saturated heterocycles. The van der Waals surface area contributed by atoms with Gasteiger partial charge >= 0.3 is 0 Å². The van der Waals surface area contributed by atoms with E-state index in [0.717, 1.165) is 18.4 Å². The van der Waals surface area contributed by atoms with Crippen molar-refractivity contribution in [3.63, 3.8) is 0 Å². The van der Waals surface area contributed by atoms with Crippen molar-refractivity contribution in [2.45, 2.75) is 25.7 Å². The van der Waals surface area contributed by atoms with Crippen LogP contribution in [0.5, 0.6) is 0 Å². The van der Waals surface area contributed by atoms with Crippen LogP contribution in [0.2, 0.25) is 0 Å². The number of hydrogen-bond donors (Lipinski definition) is 1. The van der Waals surface area contributed by atoms with Gasteiger partial charge in [-0.05, 0) is 24.8 Å². The van der Waals surface area contributed by atoms with Crippen LogP contribution < -0.4 is 5.32 Å². The average molecular weight is 352 g/mol. The van der Waals surface area contributed by atoms with E-state index in [0.29, 0.717) is 18.5 Å². The highest BCUT2D eigenvalue weighted by Gasteiger charge is 2.46. The highest BCUT2D eigenvalue weighted by molar-refractivity contribution is 6.14. The van der Waals surface area contributed by atoms with Crippen LogP contribution in [0.3, 0.4) is 0 Å². The van der Waals surface area contributed by atoms with Crippen molar-refractivity contribution in [2.24, 2.45) is 5.41 Å². The van der Waals surface area contributed by atoms with E-state index in [-0.39, 0.29) is 23.8 Å². The number of benzene rings is 2. The third-order valence-corrected chi connectivity index (χ3v) is 4.87. The van der Waals surface area contributed by atoms with Crippen LogP contribution in [0.1, 0.15) is 35.2 Å². The van der Waals surface area contributed by atoms with Crippen LogP contribution in [-0.2, 0) is 11.2 Å². The quantitative estimate of drug-likeness (QED) is 0.387. The third-order valence-electron chi connectivity index (χ3n) is 4.87. The highest BCUT2D eigenvalue weighted by Crippen LogP contribution is 2.35. The summed E-state index contributed by atoms with van der Waals surface area (Å²) in [6, 6.07) is 14.9. The number of nitrogens with one attached hydrogen (secondary N) is 1. The fourth-order valence-electron chi connectivity index (χ4n) is 3.45. The Bertz CT molecular complexity index is 817. The molecule has 6 heteroatoms. The summed E-state index contributed by atoms with van der Waals surface area (Å²) < 4.78 is 0. The second-order valence-electron chi connectivity index (χ2n) is 6.59. The van der Waals surface area contributed by atoms with E-state index >= 15 is 0 Å². The van der Waals surface area contributed by atoms with Crippen molar-refractivity contribution in [2.75, 3.05) is 6.54 Å². The zero-order valence-corrected chi connectivity index (χ0v) is 14.3. The lowest BCUT2D eigenvalue weighted by molar-refractivity contribution is -0.384. The first-order chi connectivity index (χ1) is 12.5. The number of ketones is 1.